The van der Waals surface area contributed by atoms with Crippen LogP contribution in [0.25, 0.3) is 123 Å². The van der Waals surface area contributed by atoms with Gasteiger partial charge in [0.15, 0.2) is 23.1 Å². The third kappa shape index (κ3) is 6.13. The first-order chi connectivity index (χ1) is 30.7. The van der Waals surface area contributed by atoms with E-state index in [1.807, 2.05) is 115 Å². The van der Waals surface area contributed by atoms with Crippen molar-refractivity contribution in [3.63, 3.8) is 0 Å². The highest BCUT2D eigenvalue weighted by atomic mass is 16.4. The maximum Gasteiger partial charge on any atom is 0.227 e. The van der Waals surface area contributed by atoms with Gasteiger partial charge in [0.05, 0.1) is 0 Å². The third-order valence-corrected chi connectivity index (χ3v) is 11.6. The molecule has 62 heavy (non-hydrogen) atoms. The lowest BCUT2D eigenvalue weighted by molar-refractivity contribution is 0.617. The molecular formula is C56H34N4O2. The van der Waals surface area contributed by atoms with Crippen molar-refractivity contribution in [1.29, 1.82) is 0 Å². The Morgan fingerprint density at radius 2 is 0.726 bits per heavy atom. The van der Waals surface area contributed by atoms with Crippen LogP contribution >= 0.6 is 0 Å². The van der Waals surface area contributed by atoms with E-state index in [2.05, 4.69) is 91.0 Å². The van der Waals surface area contributed by atoms with E-state index in [9.17, 15) is 0 Å². The van der Waals surface area contributed by atoms with Gasteiger partial charge in [0.2, 0.25) is 5.89 Å². The molecule has 290 valence electrons. The highest BCUT2D eigenvalue weighted by molar-refractivity contribution is 6.19. The van der Waals surface area contributed by atoms with Crippen LogP contribution in [-0.2, 0) is 0 Å². The van der Waals surface area contributed by atoms with Gasteiger partial charge in [-0.15, -0.1) is 0 Å². The normalized spacial score (nSPS) is 11.5. The van der Waals surface area contributed by atoms with E-state index in [1.54, 1.807) is 0 Å². The summed E-state index contributed by atoms with van der Waals surface area (Å²) in [4.78, 5) is 19.8. The molecule has 6 heteroatoms. The minimum absolute atomic E-state index is 0.580. The molecule has 3 aromatic heterocycles. The molecule has 0 saturated heterocycles. The largest absolute Gasteiger partial charge is 0.456 e. The van der Waals surface area contributed by atoms with Crippen molar-refractivity contribution in [1.82, 2.24) is 19.9 Å². The Morgan fingerprint density at radius 3 is 1.27 bits per heavy atom. The zero-order valence-electron chi connectivity index (χ0n) is 33.2. The number of hydrogen-bond donors (Lipinski definition) is 0. The summed E-state index contributed by atoms with van der Waals surface area (Å²) in [6.45, 7) is 0. The molecule has 0 saturated carbocycles. The lowest BCUT2D eigenvalue weighted by Crippen LogP contribution is -2.00. The summed E-state index contributed by atoms with van der Waals surface area (Å²) in [5, 5.41) is 4.42. The Hall–Kier alpha value is -8.48. The van der Waals surface area contributed by atoms with Gasteiger partial charge in [-0.2, -0.15) is 0 Å². The average Bonchev–Trinajstić information content (AvgIpc) is 3.95. The van der Waals surface area contributed by atoms with Crippen LogP contribution in [0.4, 0.5) is 0 Å². The quantitative estimate of drug-likeness (QED) is 0.160. The van der Waals surface area contributed by atoms with Crippen molar-refractivity contribution in [3.05, 3.63) is 206 Å². The van der Waals surface area contributed by atoms with E-state index in [4.69, 9.17) is 28.8 Å². The Bertz CT molecular complexity index is 3540. The molecule has 9 aromatic carbocycles. The highest BCUT2D eigenvalue weighted by Crippen LogP contribution is 2.44. The predicted molar refractivity (Wildman–Crippen MR) is 250 cm³/mol. The maximum absolute atomic E-state index is 6.40. The number of fused-ring (bicyclic) bond motifs is 5. The number of rotatable bonds is 7. The van der Waals surface area contributed by atoms with Crippen molar-refractivity contribution >= 4 is 43.8 Å². The fraction of sp³-hybridized carbons (Fsp3) is 0. The molecule has 0 aliphatic carbocycles. The monoisotopic (exact) mass is 794 g/mol. The van der Waals surface area contributed by atoms with E-state index in [1.165, 1.54) is 10.8 Å². The molecule has 0 unspecified atom stereocenters. The van der Waals surface area contributed by atoms with Gasteiger partial charge in [-0.1, -0.05) is 182 Å². The minimum Gasteiger partial charge on any atom is -0.456 e. The number of nitrogens with zero attached hydrogens (tertiary/aromatic N) is 4. The van der Waals surface area contributed by atoms with Gasteiger partial charge in [-0.05, 0) is 56.8 Å². The number of benzene rings is 9. The molecule has 0 spiro atoms. The topological polar surface area (TPSA) is 77.8 Å². The van der Waals surface area contributed by atoms with Crippen molar-refractivity contribution < 1.29 is 8.83 Å². The van der Waals surface area contributed by atoms with Crippen LogP contribution in [0, 0.1) is 0 Å². The Labute approximate surface area is 356 Å². The van der Waals surface area contributed by atoms with Gasteiger partial charge in [0, 0.05) is 44.7 Å². The first-order valence-corrected chi connectivity index (χ1v) is 20.6. The molecule has 0 amide bonds. The van der Waals surface area contributed by atoms with Gasteiger partial charge in [-0.3, -0.25) is 0 Å². The molecule has 0 aliphatic heterocycles. The van der Waals surface area contributed by atoms with E-state index >= 15 is 0 Å². The summed E-state index contributed by atoms with van der Waals surface area (Å²) in [5.41, 5.74) is 13.4. The summed E-state index contributed by atoms with van der Waals surface area (Å²) in [6, 6.07) is 70.7. The Kier molecular flexibility index (Phi) is 8.38. The second-order valence-electron chi connectivity index (χ2n) is 15.4. The zero-order valence-corrected chi connectivity index (χ0v) is 33.2. The predicted octanol–water partition coefficient (Wildman–Crippen LogP) is 14.7. The van der Waals surface area contributed by atoms with E-state index in [0.29, 0.717) is 28.9 Å². The fourth-order valence-corrected chi connectivity index (χ4v) is 8.61. The van der Waals surface area contributed by atoms with Crippen molar-refractivity contribution in [2.24, 2.45) is 0 Å². The zero-order chi connectivity index (χ0) is 41.0. The van der Waals surface area contributed by atoms with Crippen molar-refractivity contribution in [3.8, 4) is 79.0 Å². The second-order valence-corrected chi connectivity index (χ2v) is 15.4. The Morgan fingerprint density at radius 1 is 0.290 bits per heavy atom. The van der Waals surface area contributed by atoms with Gasteiger partial charge >= 0.3 is 0 Å². The molecule has 0 fully saturated rings. The standard InChI is InChI=1S/C56H34N4O2/c1-4-14-38(15-5-1)53-58-54(39-16-6-2-7-17-39)60-55(59-53)40-30-26-36(27-31-40)43-33-32-42(44-20-10-11-21-45(43)44)35-24-28-37(29-25-35)50-51-46-22-12-13-23-47(46)61-48(51)34-49-52(50)57-56(62-49)41-18-8-3-9-19-41/h1-34H. The molecule has 0 aliphatic rings. The van der Waals surface area contributed by atoms with Gasteiger partial charge < -0.3 is 8.83 Å². The van der Waals surface area contributed by atoms with Crippen LogP contribution < -0.4 is 0 Å². The molecule has 0 bridgehead atoms. The van der Waals surface area contributed by atoms with Crippen LogP contribution in [0.1, 0.15) is 0 Å². The van der Waals surface area contributed by atoms with Gasteiger partial charge in [-0.25, -0.2) is 19.9 Å². The van der Waals surface area contributed by atoms with Crippen molar-refractivity contribution in [2.75, 3.05) is 0 Å². The average molecular weight is 795 g/mol. The number of oxazole rings is 1. The first kappa shape index (κ1) is 35.5. The molecule has 0 N–H and O–H groups in total. The summed E-state index contributed by atoms with van der Waals surface area (Å²) in [6.07, 6.45) is 0. The summed E-state index contributed by atoms with van der Waals surface area (Å²) in [7, 11) is 0. The lowest BCUT2D eigenvalue weighted by atomic mass is 9.90. The molecule has 12 aromatic rings. The van der Waals surface area contributed by atoms with Crippen molar-refractivity contribution in [2.45, 2.75) is 0 Å². The minimum atomic E-state index is 0.580. The Balaban J connectivity index is 0.919. The van der Waals surface area contributed by atoms with Gasteiger partial charge in [0.1, 0.15) is 16.7 Å². The van der Waals surface area contributed by atoms with E-state index in [-0.39, 0.29) is 0 Å². The highest BCUT2D eigenvalue weighted by Gasteiger charge is 2.22. The van der Waals surface area contributed by atoms with Crippen LogP contribution in [0.3, 0.4) is 0 Å². The van der Waals surface area contributed by atoms with Crippen LogP contribution in [0.5, 0.6) is 0 Å². The summed E-state index contributed by atoms with van der Waals surface area (Å²) in [5.74, 6) is 2.50. The molecule has 3 heterocycles. The SMILES string of the molecule is c1ccc(-c2nc(-c3ccccc3)nc(-c3ccc(-c4ccc(-c5ccc(-c6c7nc(-c8ccccc8)oc7cc7oc8ccccc8c67)cc5)c5ccccc45)cc3)n2)cc1. The molecule has 12 rings (SSSR count). The van der Waals surface area contributed by atoms with Crippen LogP contribution in [0.2, 0.25) is 0 Å². The lowest BCUT2D eigenvalue weighted by Gasteiger charge is -2.13. The first-order valence-electron chi connectivity index (χ1n) is 20.6. The van der Waals surface area contributed by atoms with E-state index in [0.717, 1.165) is 83.1 Å². The number of furan rings is 1. The van der Waals surface area contributed by atoms with Crippen LogP contribution in [-0.4, -0.2) is 19.9 Å². The summed E-state index contributed by atoms with van der Waals surface area (Å²) >= 11 is 0. The second kappa shape index (κ2) is 14.7. The number of hydrogen-bond acceptors (Lipinski definition) is 6. The molecular weight excluding hydrogens is 761 g/mol. The molecule has 6 nitrogen and oxygen atoms in total. The maximum atomic E-state index is 6.40. The smallest absolute Gasteiger partial charge is 0.227 e. The van der Waals surface area contributed by atoms with Gasteiger partial charge in [0.25, 0.3) is 0 Å². The number of aromatic nitrogens is 4. The molecule has 0 radical (unpaired) electrons. The number of para-hydroxylation sites is 1. The molecule has 0 atom stereocenters. The van der Waals surface area contributed by atoms with E-state index < -0.39 is 0 Å². The summed E-state index contributed by atoms with van der Waals surface area (Å²) < 4.78 is 12.8. The fourth-order valence-electron chi connectivity index (χ4n) is 8.61. The third-order valence-electron chi connectivity index (χ3n) is 11.6. The van der Waals surface area contributed by atoms with Crippen LogP contribution in [0.15, 0.2) is 215 Å².